The van der Waals surface area contributed by atoms with Crippen molar-refractivity contribution in [3.8, 4) is 0 Å². The molecule has 0 unspecified atom stereocenters. The number of esters is 1. The molecule has 1 saturated heterocycles. The standard InChI is InChI=1S/C21H27N5O2/c1-2-28-21(27)16-8-10-25(11-9-16)19-18(22)20(24-14-23-19)26-12-7-15-5-3-4-6-17(15)13-26/h3-6,14,16H,2,7-13,22H2,1H3. The zero-order valence-corrected chi connectivity index (χ0v) is 16.3. The van der Waals surface area contributed by atoms with Crippen LogP contribution in [0.1, 0.15) is 30.9 Å². The molecule has 28 heavy (non-hydrogen) atoms. The molecule has 0 bridgehead atoms. The number of nitrogens with two attached hydrogens (primary N) is 1. The van der Waals surface area contributed by atoms with Crippen LogP contribution in [-0.2, 0) is 22.5 Å². The molecule has 0 spiro atoms. The average Bonchev–Trinajstić information content (AvgIpc) is 2.74. The van der Waals surface area contributed by atoms with E-state index in [1.165, 1.54) is 11.1 Å². The number of fused-ring (bicyclic) bond motifs is 1. The first-order chi connectivity index (χ1) is 13.7. The van der Waals surface area contributed by atoms with Gasteiger partial charge in [-0.3, -0.25) is 4.79 Å². The summed E-state index contributed by atoms with van der Waals surface area (Å²) in [5.41, 5.74) is 9.85. The Bertz CT molecular complexity index is 848. The first kappa shape index (κ1) is 18.5. The van der Waals surface area contributed by atoms with Crippen LogP contribution in [0.5, 0.6) is 0 Å². The lowest BCUT2D eigenvalue weighted by Crippen LogP contribution is -2.38. The minimum atomic E-state index is -0.0921. The second kappa shape index (κ2) is 8.04. The third-order valence-electron chi connectivity index (χ3n) is 5.69. The molecule has 0 saturated carbocycles. The van der Waals surface area contributed by atoms with Crippen LogP contribution in [0.2, 0.25) is 0 Å². The molecule has 2 N–H and O–H groups in total. The fourth-order valence-corrected chi connectivity index (χ4v) is 4.14. The number of benzene rings is 1. The van der Waals surface area contributed by atoms with Gasteiger partial charge in [0, 0.05) is 26.2 Å². The number of hydrogen-bond donors (Lipinski definition) is 1. The molecule has 2 aliphatic heterocycles. The van der Waals surface area contributed by atoms with Crippen LogP contribution in [0.4, 0.5) is 17.3 Å². The largest absolute Gasteiger partial charge is 0.466 e. The number of rotatable bonds is 4. The summed E-state index contributed by atoms with van der Waals surface area (Å²) in [6.45, 7) is 5.46. The van der Waals surface area contributed by atoms with Gasteiger partial charge in [0.2, 0.25) is 0 Å². The highest BCUT2D eigenvalue weighted by molar-refractivity contribution is 5.77. The number of nitrogen functional groups attached to an aromatic ring is 1. The number of aromatic nitrogens is 2. The number of anilines is 3. The van der Waals surface area contributed by atoms with Crippen molar-refractivity contribution in [2.24, 2.45) is 5.92 Å². The van der Waals surface area contributed by atoms with Gasteiger partial charge >= 0.3 is 5.97 Å². The molecule has 2 aromatic rings. The molecule has 3 heterocycles. The Balaban J connectivity index is 1.48. The summed E-state index contributed by atoms with van der Waals surface area (Å²) in [6.07, 6.45) is 4.10. The Morgan fingerprint density at radius 1 is 1.11 bits per heavy atom. The number of carbonyl (C=O) groups excluding carboxylic acids is 1. The van der Waals surface area contributed by atoms with E-state index < -0.39 is 0 Å². The summed E-state index contributed by atoms with van der Waals surface area (Å²) in [7, 11) is 0. The van der Waals surface area contributed by atoms with Crippen molar-refractivity contribution in [2.45, 2.75) is 32.7 Å². The molecule has 7 heteroatoms. The highest BCUT2D eigenvalue weighted by atomic mass is 16.5. The summed E-state index contributed by atoms with van der Waals surface area (Å²) >= 11 is 0. The van der Waals surface area contributed by atoms with Gasteiger partial charge in [0.05, 0.1) is 12.5 Å². The molecule has 0 amide bonds. The number of carbonyl (C=O) groups is 1. The molecule has 1 fully saturated rings. The van der Waals surface area contributed by atoms with E-state index in [0.29, 0.717) is 12.3 Å². The normalized spacial score (nSPS) is 17.3. The lowest BCUT2D eigenvalue weighted by molar-refractivity contribution is -0.148. The van der Waals surface area contributed by atoms with Crippen LogP contribution < -0.4 is 15.5 Å². The molecular weight excluding hydrogens is 354 g/mol. The molecule has 0 aliphatic carbocycles. The Kier molecular flexibility index (Phi) is 5.32. The monoisotopic (exact) mass is 381 g/mol. The molecule has 148 valence electrons. The van der Waals surface area contributed by atoms with Crippen LogP contribution in [0, 0.1) is 5.92 Å². The number of hydrogen-bond acceptors (Lipinski definition) is 7. The maximum Gasteiger partial charge on any atom is 0.309 e. The maximum absolute atomic E-state index is 12.0. The van der Waals surface area contributed by atoms with Crippen molar-refractivity contribution in [3.05, 3.63) is 41.7 Å². The van der Waals surface area contributed by atoms with Gasteiger partial charge < -0.3 is 20.3 Å². The smallest absolute Gasteiger partial charge is 0.309 e. The number of ether oxygens (including phenoxy) is 1. The van der Waals surface area contributed by atoms with Crippen LogP contribution >= 0.6 is 0 Å². The number of nitrogens with zero attached hydrogens (tertiary/aromatic N) is 4. The summed E-state index contributed by atoms with van der Waals surface area (Å²) in [4.78, 5) is 25.3. The highest BCUT2D eigenvalue weighted by Gasteiger charge is 2.29. The quantitative estimate of drug-likeness (QED) is 0.814. The van der Waals surface area contributed by atoms with Gasteiger partial charge in [-0.05, 0) is 37.3 Å². The summed E-state index contributed by atoms with van der Waals surface area (Å²) < 4.78 is 5.16. The van der Waals surface area contributed by atoms with Crippen molar-refractivity contribution in [1.29, 1.82) is 0 Å². The average molecular weight is 381 g/mol. The second-order valence-corrected chi connectivity index (χ2v) is 7.39. The van der Waals surface area contributed by atoms with Gasteiger partial charge in [0.25, 0.3) is 0 Å². The molecule has 1 aromatic heterocycles. The second-order valence-electron chi connectivity index (χ2n) is 7.39. The van der Waals surface area contributed by atoms with E-state index in [4.69, 9.17) is 10.5 Å². The van der Waals surface area contributed by atoms with Crippen molar-refractivity contribution in [3.63, 3.8) is 0 Å². The maximum atomic E-state index is 12.0. The predicted octanol–water partition coefficient (Wildman–Crippen LogP) is 2.40. The van der Waals surface area contributed by atoms with Crippen LogP contribution in [0.25, 0.3) is 0 Å². The highest BCUT2D eigenvalue weighted by Crippen LogP contribution is 2.34. The third-order valence-corrected chi connectivity index (χ3v) is 5.69. The first-order valence-electron chi connectivity index (χ1n) is 10.0. The lowest BCUT2D eigenvalue weighted by atomic mass is 9.97. The van der Waals surface area contributed by atoms with E-state index in [-0.39, 0.29) is 11.9 Å². The number of piperidine rings is 1. The predicted molar refractivity (Wildman–Crippen MR) is 109 cm³/mol. The molecule has 2 aliphatic rings. The third kappa shape index (κ3) is 3.61. The van der Waals surface area contributed by atoms with E-state index in [2.05, 4.69) is 44.0 Å². The summed E-state index contributed by atoms with van der Waals surface area (Å²) in [5, 5.41) is 0. The molecular formula is C21H27N5O2. The molecule has 1 aromatic carbocycles. The van der Waals surface area contributed by atoms with Gasteiger partial charge in [0.15, 0.2) is 11.6 Å². The van der Waals surface area contributed by atoms with E-state index in [1.54, 1.807) is 6.33 Å². The Morgan fingerprint density at radius 3 is 2.50 bits per heavy atom. The minimum absolute atomic E-state index is 0.0303. The van der Waals surface area contributed by atoms with Gasteiger partial charge in [0.1, 0.15) is 12.0 Å². The lowest BCUT2D eigenvalue weighted by Gasteiger charge is -2.34. The van der Waals surface area contributed by atoms with Crippen LogP contribution in [-0.4, -0.2) is 42.2 Å². The fourth-order valence-electron chi connectivity index (χ4n) is 4.14. The molecule has 0 atom stereocenters. The molecule has 4 rings (SSSR count). The minimum Gasteiger partial charge on any atom is -0.466 e. The fraction of sp³-hybridized carbons (Fsp3) is 0.476. The Hall–Kier alpha value is -2.83. The van der Waals surface area contributed by atoms with Crippen molar-refractivity contribution in [1.82, 2.24) is 9.97 Å². The molecule has 7 nitrogen and oxygen atoms in total. The molecule has 0 radical (unpaired) electrons. The summed E-state index contributed by atoms with van der Waals surface area (Å²) in [5.74, 6) is 1.45. The van der Waals surface area contributed by atoms with Gasteiger partial charge in [-0.25, -0.2) is 9.97 Å². The SMILES string of the molecule is CCOC(=O)C1CCN(c2ncnc(N3CCc4ccccc4C3)c2N)CC1. The topological polar surface area (TPSA) is 84.6 Å². The zero-order chi connectivity index (χ0) is 19.5. The first-order valence-corrected chi connectivity index (χ1v) is 10.0. The van der Waals surface area contributed by atoms with E-state index in [0.717, 1.165) is 57.1 Å². The van der Waals surface area contributed by atoms with Gasteiger partial charge in [-0.2, -0.15) is 0 Å². The summed E-state index contributed by atoms with van der Waals surface area (Å²) in [6, 6.07) is 8.52. The van der Waals surface area contributed by atoms with Crippen molar-refractivity contribution in [2.75, 3.05) is 41.8 Å². The van der Waals surface area contributed by atoms with Gasteiger partial charge in [-0.15, -0.1) is 0 Å². The van der Waals surface area contributed by atoms with Crippen LogP contribution in [0.3, 0.4) is 0 Å². The Labute approximate surface area is 165 Å². The zero-order valence-electron chi connectivity index (χ0n) is 16.3. The van der Waals surface area contributed by atoms with E-state index >= 15 is 0 Å². The Morgan fingerprint density at radius 2 is 1.79 bits per heavy atom. The van der Waals surface area contributed by atoms with E-state index in [1.807, 2.05) is 6.92 Å². The van der Waals surface area contributed by atoms with E-state index in [9.17, 15) is 4.79 Å². The van der Waals surface area contributed by atoms with Crippen molar-refractivity contribution < 1.29 is 9.53 Å². The van der Waals surface area contributed by atoms with Crippen LogP contribution in [0.15, 0.2) is 30.6 Å². The van der Waals surface area contributed by atoms with Gasteiger partial charge in [-0.1, -0.05) is 24.3 Å². The van der Waals surface area contributed by atoms with Crippen molar-refractivity contribution >= 4 is 23.3 Å².